The maximum atomic E-state index is 13.1. The van der Waals surface area contributed by atoms with Crippen LogP contribution in [0.2, 0.25) is 0 Å². The Morgan fingerprint density at radius 3 is 2.67 bits per heavy atom. The summed E-state index contributed by atoms with van der Waals surface area (Å²) in [5.74, 6) is 0.0847. The molecule has 0 atom stereocenters. The first-order valence-corrected chi connectivity index (χ1v) is 13.2. The van der Waals surface area contributed by atoms with Gasteiger partial charge in [-0.3, -0.25) is 14.6 Å². The van der Waals surface area contributed by atoms with Gasteiger partial charge in [0.05, 0.1) is 24.4 Å². The number of anilines is 1. The number of carbonyl (C=O) groups is 2. The predicted molar refractivity (Wildman–Crippen MR) is 142 cm³/mol. The second-order valence-electron chi connectivity index (χ2n) is 9.76. The first-order chi connectivity index (χ1) is 19.6. The highest BCUT2D eigenvalue weighted by atomic mass is 16.6. The van der Waals surface area contributed by atoms with Gasteiger partial charge in [-0.2, -0.15) is 0 Å². The highest BCUT2D eigenvalue weighted by molar-refractivity contribution is 5.77. The van der Waals surface area contributed by atoms with E-state index in [9.17, 15) is 9.59 Å². The molecule has 0 unspecified atom stereocenters. The molecule has 40 heavy (non-hydrogen) atoms. The van der Waals surface area contributed by atoms with Gasteiger partial charge in [-0.15, -0.1) is 10.2 Å². The van der Waals surface area contributed by atoms with Gasteiger partial charge >= 0.3 is 5.97 Å². The summed E-state index contributed by atoms with van der Waals surface area (Å²) in [6.07, 6.45) is 7.55. The predicted octanol–water partition coefficient (Wildman–Crippen LogP) is 1.56. The molecule has 13 heteroatoms. The Hall–Kier alpha value is -4.81. The minimum Gasteiger partial charge on any atom is -0.464 e. The number of amides is 1. The molecule has 0 fully saturated rings. The molecule has 3 aromatic heterocycles. The van der Waals surface area contributed by atoms with E-state index in [4.69, 9.17) is 9.47 Å². The van der Waals surface area contributed by atoms with Crippen LogP contribution in [0.5, 0.6) is 5.88 Å². The van der Waals surface area contributed by atoms with E-state index in [0.29, 0.717) is 36.6 Å². The van der Waals surface area contributed by atoms with Gasteiger partial charge in [-0.1, -0.05) is 29.5 Å². The molecule has 0 saturated carbocycles. The fourth-order valence-corrected chi connectivity index (χ4v) is 5.06. The monoisotopic (exact) mass is 543 g/mol. The van der Waals surface area contributed by atoms with Crippen LogP contribution >= 0.6 is 0 Å². The first-order valence-electron chi connectivity index (χ1n) is 13.2. The summed E-state index contributed by atoms with van der Waals surface area (Å²) < 4.78 is 12.2. The number of esters is 1. The topological polar surface area (TPSA) is 153 Å². The maximum Gasteiger partial charge on any atom is 0.344 e. The molecule has 1 amide bonds. The van der Waals surface area contributed by atoms with Gasteiger partial charge in [-0.25, -0.2) is 14.8 Å². The van der Waals surface area contributed by atoms with E-state index in [2.05, 4.69) is 60.1 Å². The van der Waals surface area contributed by atoms with Crippen LogP contribution < -0.4 is 10.1 Å². The maximum absolute atomic E-state index is 13.1. The number of nitrogens with zero attached hydrogens (tertiary/aromatic N) is 7. The fraction of sp³-hybridized carbons (Fsp3) is 0.370. The molecule has 0 radical (unpaired) electrons. The summed E-state index contributed by atoms with van der Waals surface area (Å²) in [6, 6.07) is 8.64. The van der Waals surface area contributed by atoms with E-state index < -0.39 is 5.97 Å². The van der Waals surface area contributed by atoms with Crippen molar-refractivity contribution >= 4 is 17.8 Å². The number of aromatic nitrogens is 7. The molecule has 4 aromatic rings. The lowest BCUT2D eigenvalue weighted by Crippen LogP contribution is -2.38. The SMILES string of the molecule is CCOC(=O)COc1nn(CC(=O)N2CCc3[nH]nnc3C2)cc1-c1cnc(NC2Cc3ccccc3C2)nc1. The standard InChI is InChI=1S/C27H29N9O4/c1-2-39-25(38)16-40-26-21(13-36(33-26)15-24(37)35-8-7-22-23(14-35)32-34-31-22)19-11-28-27(29-12-19)30-20-9-17-5-3-4-6-18(17)10-20/h3-6,11-13,20H,2,7-10,14-16H2,1H3,(H,28,29,30)(H,31,32,34). The molecule has 0 saturated heterocycles. The van der Waals surface area contributed by atoms with Crippen LogP contribution in [0.1, 0.15) is 29.4 Å². The Kier molecular flexibility index (Phi) is 7.08. The van der Waals surface area contributed by atoms with Crippen LogP contribution in [0.3, 0.4) is 0 Å². The summed E-state index contributed by atoms with van der Waals surface area (Å²) in [4.78, 5) is 35.7. The highest BCUT2D eigenvalue weighted by Gasteiger charge is 2.25. The number of H-pyrrole nitrogens is 1. The molecule has 2 aliphatic rings. The first kappa shape index (κ1) is 25.5. The largest absolute Gasteiger partial charge is 0.464 e. The minimum absolute atomic E-state index is 0.00825. The number of nitrogens with one attached hydrogen (secondary N) is 2. The summed E-state index contributed by atoms with van der Waals surface area (Å²) in [5, 5.41) is 18.6. The van der Waals surface area contributed by atoms with Crippen molar-refractivity contribution in [2.45, 2.75) is 45.3 Å². The second kappa shape index (κ2) is 11.1. The lowest BCUT2D eigenvalue weighted by molar-refractivity contribution is -0.145. The molecule has 4 heterocycles. The number of benzene rings is 1. The lowest BCUT2D eigenvalue weighted by atomic mass is 10.1. The third-order valence-corrected chi connectivity index (χ3v) is 7.03. The van der Waals surface area contributed by atoms with E-state index in [1.807, 2.05) is 0 Å². The van der Waals surface area contributed by atoms with Gasteiger partial charge in [0.15, 0.2) is 6.61 Å². The molecule has 6 rings (SSSR count). The van der Waals surface area contributed by atoms with Crippen molar-refractivity contribution in [1.82, 2.24) is 40.1 Å². The molecular formula is C27H29N9O4. The van der Waals surface area contributed by atoms with Crippen molar-refractivity contribution in [1.29, 1.82) is 0 Å². The van der Waals surface area contributed by atoms with Gasteiger partial charge in [-0.05, 0) is 30.9 Å². The summed E-state index contributed by atoms with van der Waals surface area (Å²) in [5.41, 5.74) is 5.61. The molecule has 206 valence electrons. The average molecular weight is 544 g/mol. The molecular weight excluding hydrogens is 514 g/mol. The van der Waals surface area contributed by atoms with E-state index in [1.165, 1.54) is 15.8 Å². The summed E-state index contributed by atoms with van der Waals surface area (Å²) in [6.45, 7) is 2.60. The molecule has 2 N–H and O–H groups in total. The number of rotatable bonds is 9. The van der Waals surface area contributed by atoms with Crippen molar-refractivity contribution in [3.05, 3.63) is 65.4 Å². The van der Waals surface area contributed by atoms with Crippen molar-refractivity contribution in [3.63, 3.8) is 0 Å². The van der Waals surface area contributed by atoms with E-state index >= 15 is 0 Å². The van der Waals surface area contributed by atoms with Gasteiger partial charge in [0.2, 0.25) is 17.7 Å². The second-order valence-corrected chi connectivity index (χ2v) is 9.76. The Bertz CT molecular complexity index is 1490. The van der Waals surface area contributed by atoms with Crippen LogP contribution in [0.15, 0.2) is 42.9 Å². The lowest BCUT2D eigenvalue weighted by Gasteiger charge is -2.25. The van der Waals surface area contributed by atoms with Crippen molar-refractivity contribution in [2.75, 3.05) is 25.1 Å². The summed E-state index contributed by atoms with van der Waals surface area (Å²) in [7, 11) is 0. The molecule has 13 nitrogen and oxygen atoms in total. The van der Waals surface area contributed by atoms with E-state index in [-0.39, 0.29) is 37.6 Å². The Balaban J connectivity index is 1.16. The van der Waals surface area contributed by atoms with Crippen molar-refractivity contribution in [2.24, 2.45) is 0 Å². The zero-order valence-electron chi connectivity index (χ0n) is 22.0. The van der Waals surface area contributed by atoms with E-state index in [0.717, 1.165) is 24.2 Å². The average Bonchev–Trinajstić information content (AvgIpc) is 3.70. The molecule has 1 aliphatic heterocycles. The van der Waals surface area contributed by atoms with Crippen molar-refractivity contribution in [3.8, 4) is 17.0 Å². The third-order valence-electron chi connectivity index (χ3n) is 7.03. The van der Waals surface area contributed by atoms with Gasteiger partial charge in [0.1, 0.15) is 12.2 Å². The van der Waals surface area contributed by atoms with Crippen LogP contribution in [0, 0.1) is 0 Å². The van der Waals surface area contributed by atoms with Gasteiger partial charge in [0, 0.05) is 43.2 Å². The van der Waals surface area contributed by atoms with Crippen LogP contribution in [0.4, 0.5) is 5.95 Å². The number of fused-ring (bicyclic) bond motifs is 2. The third kappa shape index (κ3) is 5.48. The Morgan fingerprint density at radius 2 is 1.93 bits per heavy atom. The highest BCUT2D eigenvalue weighted by Crippen LogP contribution is 2.29. The van der Waals surface area contributed by atoms with Crippen LogP contribution in [-0.2, 0) is 46.7 Å². The zero-order valence-corrected chi connectivity index (χ0v) is 22.0. The number of hydrogen-bond acceptors (Lipinski definition) is 10. The van der Waals surface area contributed by atoms with Gasteiger partial charge < -0.3 is 19.7 Å². The Labute approximate surface area is 229 Å². The molecule has 0 spiro atoms. The van der Waals surface area contributed by atoms with Gasteiger partial charge in [0.25, 0.3) is 0 Å². The van der Waals surface area contributed by atoms with Crippen molar-refractivity contribution < 1.29 is 19.1 Å². The number of carbonyl (C=O) groups excluding carboxylic acids is 2. The van der Waals surface area contributed by atoms with E-state index in [1.54, 1.807) is 30.4 Å². The Morgan fingerprint density at radius 1 is 1.15 bits per heavy atom. The van der Waals surface area contributed by atoms with Crippen LogP contribution in [-0.4, -0.2) is 77.7 Å². The number of ether oxygens (including phenoxy) is 2. The summed E-state index contributed by atoms with van der Waals surface area (Å²) >= 11 is 0. The zero-order chi connectivity index (χ0) is 27.5. The number of hydrogen-bond donors (Lipinski definition) is 2. The quantitative estimate of drug-likeness (QED) is 0.297. The normalized spacial score (nSPS) is 14.5. The molecule has 1 aliphatic carbocycles. The fourth-order valence-electron chi connectivity index (χ4n) is 5.06. The minimum atomic E-state index is -0.510. The smallest absolute Gasteiger partial charge is 0.344 e. The van der Waals surface area contributed by atoms with Crippen LogP contribution in [0.25, 0.3) is 11.1 Å². The number of aromatic amines is 1. The molecule has 1 aromatic carbocycles. The molecule has 0 bridgehead atoms.